The predicted octanol–water partition coefficient (Wildman–Crippen LogP) is 4.32. The SMILES string of the molecule is O=C(COc1ccc(Br)cc1I)c1ccccc1. The smallest absolute Gasteiger partial charge is 0.200 e. The van der Waals surface area contributed by atoms with Crippen LogP contribution in [0.15, 0.2) is 53.0 Å². The Morgan fingerprint density at radius 2 is 1.89 bits per heavy atom. The summed E-state index contributed by atoms with van der Waals surface area (Å²) in [6.07, 6.45) is 0. The van der Waals surface area contributed by atoms with Crippen LogP contribution in [0.2, 0.25) is 0 Å². The van der Waals surface area contributed by atoms with Crippen LogP contribution < -0.4 is 4.74 Å². The van der Waals surface area contributed by atoms with Crippen LogP contribution in [0, 0.1) is 3.57 Å². The zero-order valence-corrected chi connectivity index (χ0v) is 13.1. The van der Waals surface area contributed by atoms with E-state index in [4.69, 9.17) is 4.74 Å². The van der Waals surface area contributed by atoms with E-state index >= 15 is 0 Å². The molecule has 0 bridgehead atoms. The summed E-state index contributed by atoms with van der Waals surface area (Å²) in [7, 11) is 0. The maximum atomic E-state index is 11.9. The predicted molar refractivity (Wildman–Crippen MR) is 83.1 cm³/mol. The van der Waals surface area contributed by atoms with E-state index in [1.165, 1.54) is 0 Å². The number of ketones is 1. The summed E-state index contributed by atoms with van der Waals surface area (Å²) < 4.78 is 7.50. The van der Waals surface area contributed by atoms with Gasteiger partial charge in [0, 0.05) is 10.0 Å². The Labute approximate surface area is 128 Å². The molecule has 4 heteroatoms. The Morgan fingerprint density at radius 1 is 1.17 bits per heavy atom. The van der Waals surface area contributed by atoms with Crippen molar-refractivity contribution < 1.29 is 9.53 Å². The summed E-state index contributed by atoms with van der Waals surface area (Å²) in [4.78, 5) is 11.9. The van der Waals surface area contributed by atoms with Gasteiger partial charge in [-0.15, -0.1) is 0 Å². The molecule has 0 spiro atoms. The fourth-order valence-corrected chi connectivity index (χ4v) is 2.90. The largest absolute Gasteiger partial charge is 0.484 e. The molecule has 0 aromatic heterocycles. The lowest BCUT2D eigenvalue weighted by Crippen LogP contribution is -2.11. The van der Waals surface area contributed by atoms with Crippen molar-refractivity contribution in [3.8, 4) is 5.75 Å². The second kappa shape index (κ2) is 6.33. The van der Waals surface area contributed by atoms with E-state index < -0.39 is 0 Å². The zero-order valence-electron chi connectivity index (χ0n) is 9.40. The van der Waals surface area contributed by atoms with Gasteiger partial charge in [-0.2, -0.15) is 0 Å². The first-order valence-electron chi connectivity index (χ1n) is 5.33. The molecule has 2 aromatic carbocycles. The molecule has 0 N–H and O–H groups in total. The molecule has 18 heavy (non-hydrogen) atoms. The molecule has 0 heterocycles. The molecule has 2 aromatic rings. The molecule has 0 atom stereocenters. The molecule has 0 saturated heterocycles. The number of hydrogen-bond donors (Lipinski definition) is 0. The number of benzene rings is 2. The van der Waals surface area contributed by atoms with Crippen molar-refractivity contribution >= 4 is 44.3 Å². The van der Waals surface area contributed by atoms with Crippen LogP contribution in [-0.4, -0.2) is 12.4 Å². The molecule has 0 aliphatic carbocycles. The van der Waals surface area contributed by atoms with Gasteiger partial charge >= 0.3 is 0 Å². The Bertz CT molecular complexity index is 555. The normalized spacial score (nSPS) is 10.1. The molecule has 0 saturated carbocycles. The van der Waals surface area contributed by atoms with E-state index in [0.29, 0.717) is 5.56 Å². The average molecular weight is 417 g/mol. The van der Waals surface area contributed by atoms with Crippen LogP contribution in [0.5, 0.6) is 5.75 Å². The van der Waals surface area contributed by atoms with Crippen LogP contribution in [0.3, 0.4) is 0 Å². The molecule has 0 aliphatic rings. The summed E-state index contributed by atoms with van der Waals surface area (Å²) in [6.45, 7) is 0.0572. The number of rotatable bonds is 4. The van der Waals surface area contributed by atoms with E-state index in [1.807, 2.05) is 36.4 Å². The van der Waals surface area contributed by atoms with Crippen LogP contribution in [0.25, 0.3) is 0 Å². The van der Waals surface area contributed by atoms with Crippen molar-refractivity contribution in [2.24, 2.45) is 0 Å². The highest BCUT2D eigenvalue weighted by atomic mass is 127. The highest BCUT2D eigenvalue weighted by molar-refractivity contribution is 14.1. The Balaban J connectivity index is 2.02. The van der Waals surface area contributed by atoms with Crippen molar-refractivity contribution in [2.45, 2.75) is 0 Å². The van der Waals surface area contributed by atoms with E-state index in [1.54, 1.807) is 12.1 Å². The molecule has 0 radical (unpaired) electrons. The molecular formula is C14H10BrIO2. The molecular weight excluding hydrogens is 407 g/mol. The number of halogens is 2. The Hall–Kier alpha value is -0.880. The average Bonchev–Trinajstić information content (AvgIpc) is 2.38. The van der Waals surface area contributed by atoms with Crippen molar-refractivity contribution in [2.75, 3.05) is 6.61 Å². The lowest BCUT2D eigenvalue weighted by Gasteiger charge is -2.07. The third-order valence-electron chi connectivity index (χ3n) is 2.35. The van der Waals surface area contributed by atoms with Crippen LogP contribution in [0.4, 0.5) is 0 Å². The number of carbonyl (C=O) groups excluding carboxylic acids is 1. The third-order valence-corrected chi connectivity index (χ3v) is 3.68. The third kappa shape index (κ3) is 3.55. The lowest BCUT2D eigenvalue weighted by atomic mass is 10.1. The van der Waals surface area contributed by atoms with Gasteiger partial charge in [-0.1, -0.05) is 46.3 Å². The molecule has 0 amide bonds. The van der Waals surface area contributed by atoms with Crippen LogP contribution >= 0.6 is 38.5 Å². The van der Waals surface area contributed by atoms with Crippen molar-refractivity contribution in [3.05, 3.63) is 62.1 Å². The second-order valence-corrected chi connectivity index (χ2v) is 5.73. The van der Waals surface area contributed by atoms with E-state index in [9.17, 15) is 4.79 Å². The molecule has 92 valence electrons. The van der Waals surface area contributed by atoms with Crippen molar-refractivity contribution in [3.63, 3.8) is 0 Å². The van der Waals surface area contributed by atoms with Gasteiger partial charge in [0.25, 0.3) is 0 Å². The van der Waals surface area contributed by atoms with E-state index in [2.05, 4.69) is 38.5 Å². The van der Waals surface area contributed by atoms with Gasteiger partial charge in [-0.05, 0) is 40.8 Å². The van der Waals surface area contributed by atoms with Gasteiger partial charge in [0.05, 0.1) is 3.57 Å². The van der Waals surface area contributed by atoms with Gasteiger partial charge in [0.1, 0.15) is 5.75 Å². The second-order valence-electron chi connectivity index (χ2n) is 3.65. The fraction of sp³-hybridized carbons (Fsp3) is 0.0714. The van der Waals surface area contributed by atoms with E-state index in [0.717, 1.165) is 13.8 Å². The first kappa shape index (κ1) is 13.5. The minimum atomic E-state index is -0.0191. The molecule has 0 aliphatic heterocycles. The highest BCUT2D eigenvalue weighted by Crippen LogP contribution is 2.24. The van der Waals surface area contributed by atoms with E-state index in [-0.39, 0.29) is 12.4 Å². The quantitative estimate of drug-likeness (QED) is 0.548. The maximum absolute atomic E-state index is 11.9. The molecule has 0 unspecified atom stereocenters. The Kier molecular flexibility index (Phi) is 4.77. The summed E-state index contributed by atoms with van der Waals surface area (Å²) in [5.41, 5.74) is 0.671. The molecule has 0 fully saturated rings. The number of ether oxygens (including phenoxy) is 1. The van der Waals surface area contributed by atoms with Crippen molar-refractivity contribution in [1.82, 2.24) is 0 Å². The first-order valence-corrected chi connectivity index (χ1v) is 7.20. The van der Waals surface area contributed by atoms with Gasteiger partial charge in [-0.3, -0.25) is 4.79 Å². The lowest BCUT2D eigenvalue weighted by molar-refractivity contribution is 0.0921. The summed E-state index contributed by atoms with van der Waals surface area (Å²) >= 11 is 5.57. The zero-order chi connectivity index (χ0) is 13.0. The first-order chi connectivity index (χ1) is 8.66. The summed E-state index contributed by atoms with van der Waals surface area (Å²) in [5, 5.41) is 0. The van der Waals surface area contributed by atoms with Crippen LogP contribution in [-0.2, 0) is 0 Å². The summed E-state index contributed by atoms with van der Waals surface area (Å²) in [6, 6.07) is 14.8. The van der Waals surface area contributed by atoms with Crippen LogP contribution in [0.1, 0.15) is 10.4 Å². The fourth-order valence-electron chi connectivity index (χ4n) is 1.44. The minimum absolute atomic E-state index is 0.0191. The van der Waals surface area contributed by atoms with Crippen molar-refractivity contribution in [1.29, 1.82) is 0 Å². The number of hydrogen-bond acceptors (Lipinski definition) is 2. The highest BCUT2D eigenvalue weighted by Gasteiger charge is 2.07. The van der Waals surface area contributed by atoms with Gasteiger partial charge in [-0.25, -0.2) is 0 Å². The molecule has 2 nitrogen and oxygen atoms in total. The van der Waals surface area contributed by atoms with Gasteiger partial charge in [0.2, 0.25) is 0 Å². The molecule has 2 rings (SSSR count). The Morgan fingerprint density at radius 3 is 2.56 bits per heavy atom. The summed E-state index contributed by atoms with van der Waals surface area (Å²) in [5.74, 6) is 0.706. The van der Waals surface area contributed by atoms with Gasteiger partial charge < -0.3 is 4.74 Å². The minimum Gasteiger partial charge on any atom is -0.484 e. The monoisotopic (exact) mass is 416 g/mol. The van der Waals surface area contributed by atoms with Gasteiger partial charge in [0.15, 0.2) is 12.4 Å². The number of carbonyl (C=O) groups is 1. The maximum Gasteiger partial charge on any atom is 0.200 e. The standard InChI is InChI=1S/C14H10BrIO2/c15-11-6-7-14(12(16)8-11)18-9-13(17)10-4-2-1-3-5-10/h1-8H,9H2. The number of Topliss-reactive ketones (excluding diaryl/α,β-unsaturated/α-hetero) is 1. The topological polar surface area (TPSA) is 26.3 Å².